The molecule has 0 fully saturated rings. The van der Waals surface area contributed by atoms with Gasteiger partial charge in [-0.05, 0) is 58.7 Å². The minimum absolute atomic E-state index is 0.108. The minimum atomic E-state index is -0.108. The largest absolute Gasteiger partial charge is 0.309 e. The average molecular weight is 601 g/mol. The number of hydrogen-bond donors (Lipinski definition) is 0. The van der Waals surface area contributed by atoms with Crippen molar-refractivity contribution in [2.24, 2.45) is 0 Å². The van der Waals surface area contributed by atoms with Crippen LogP contribution in [0.5, 0.6) is 0 Å². The maximum Gasteiger partial charge on any atom is 0.0544 e. The van der Waals surface area contributed by atoms with Crippen molar-refractivity contribution in [1.82, 2.24) is 9.13 Å². The van der Waals surface area contributed by atoms with Crippen LogP contribution in [0, 0.1) is 0 Å². The Bertz CT molecular complexity index is 2660. The summed E-state index contributed by atoms with van der Waals surface area (Å²) in [5.41, 5.74) is 15.1. The Morgan fingerprint density at radius 1 is 0.362 bits per heavy atom. The second kappa shape index (κ2) is 9.57. The van der Waals surface area contributed by atoms with E-state index < -0.39 is 0 Å². The molecule has 1 aliphatic carbocycles. The van der Waals surface area contributed by atoms with Crippen LogP contribution in [0.1, 0.15) is 25.0 Å². The first-order valence-corrected chi connectivity index (χ1v) is 16.5. The third-order valence-electron chi connectivity index (χ3n) is 10.5. The Labute approximate surface area is 273 Å². The van der Waals surface area contributed by atoms with E-state index >= 15 is 0 Å². The summed E-state index contributed by atoms with van der Waals surface area (Å²) < 4.78 is 4.94. The monoisotopic (exact) mass is 600 g/mol. The van der Waals surface area contributed by atoms with E-state index in [-0.39, 0.29) is 5.41 Å². The van der Waals surface area contributed by atoms with Gasteiger partial charge in [0.2, 0.25) is 0 Å². The Morgan fingerprint density at radius 2 is 0.809 bits per heavy atom. The van der Waals surface area contributed by atoms with E-state index in [0.29, 0.717) is 0 Å². The van der Waals surface area contributed by atoms with Crippen LogP contribution in [0.25, 0.3) is 77.2 Å². The van der Waals surface area contributed by atoms with E-state index in [9.17, 15) is 0 Å². The lowest BCUT2D eigenvalue weighted by Gasteiger charge is -2.23. The van der Waals surface area contributed by atoms with Gasteiger partial charge in [-0.25, -0.2) is 0 Å². The summed E-state index contributed by atoms with van der Waals surface area (Å²) >= 11 is 0. The van der Waals surface area contributed by atoms with Crippen LogP contribution < -0.4 is 0 Å². The van der Waals surface area contributed by atoms with E-state index in [1.165, 1.54) is 88.4 Å². The fourth-order valence-corrected chi connectivity index (χ4v) is 8.57. The van der Waals surface area contributed by atoms with Gasteiger partial charge in [0.1, 0.15) is 0 Å². The van der Waals surface area contributed by atoms with Crippen molar-refractivity contribution in [2.75, 3.05) is 0 Å². The van der Waals surface area contributed by atoms with Gasteiger partial charge in [-0.3, -0.25) is 0 Å². The lowest BCUT2D eigenvalue weighted by Crippen LogP contribution is -2.15. The molecule has 0 saturated carbocycles. The summed E-state index contributed by atoms with van der Waals surface area (Å²) in [5.74, 6) is 0. The molecule has 2 nitrogen and oxygen atoms in total. The first kappa shape index (κ1) is 26.4. The van der Waals surface area contributed by atoms with Crippen molar-refractivity contribution in [3.8, 4) is 33.6 Å². The predicted octanol–water partition coefficient (Wildman–Crippen LogP) is 11.9. The molecule has 2 heterocycles. The van der Waals surface area contributed by atoms with Crippen molar-refractivity contribution < 1.29 is 0 Å². The van der Waals surface area contributed by atoms with Crippen LogP contribution in [0.4, 0.5) is 0 Å². The highest BCUT2D eigenvalue weighted by Gasteiger charge is 2.38. The molecule has 9 aromatic rings. The van der Waals surface area contributed by atoms with Crippen LogP contribution in [0.2, 0.25) is 0 Å². The summed E-state index contributed by atoms with van der Waals surface area (Å²) in [6, 6.07) is 57.9. The molecule has 1 aliphatic rings. The molecule has 2 heteroatoms. The summed E-state index contributed by atoms with van der Waals surface area (Å²) in [6.45, 7) is 4.78. The molecule has 0 atom stereocenters. The van der Waals surface area contributed by atoms with Crippen LogP contribution in [0.15, 0.2) is 158 Å². The molecule has 222 valence electrons. The highest BCUT2D eigenvalue weighted by molar-refractivity contribution is 6.15. The molecular formula is C45H32N2. The standard InChI is InChI=1S/C45H32N2/c1-45(2)36-21-9-3-15-29(36)34-27-28-42-43(44(34)45)35-20-8-14-26-41(35)47(42)40-25-13-7-19-33(40)32-18-6-12-24-39(32)46-37-22-10-4-16-30(37)31-17-5-11-23-38(31)46/h3-28H,1-2H3. The lowest BCUT2D eigenvalue weighted by molar-refractivity contribution is 0.666. The molecule has 10 rings (SSSR count). The first-order chi connectivity index (χ1) is 23.1. The molecule has 0 amide bonds. The van der Waals surface area contributed by atoms with Gasteiger partial charge in [0, 0.05) is 38.1 Å². The molecular weight excluding hydrogens is 569 g/mol. The summed E-state index contributed by atoms with van der Waals surface area (Å²) in [4.78, 5) is 0. The number of para-hydroxylation sites is 5. The molecule has 0 N–H and O–H groups in total. The zero-order valence-corrected chi connectivity index (χ0v) is 26.4. The van der Waals surface area contributed by atoms with Crippen molar-refractivity contribution in [3.05, 3.63) is 169 Å². The lowest BCUT2D eigenvalue weighted by atomic mass is 9.80. The number of fused-ring (bicyclic) bond motifs is 10. The Kier molecular flexibility index (Phi) is 5.37. The predicted molar refractivity (Wildman–Crippen MR) is 198 cm³/mol. The zero-order chi connectivity index (χ0) is 31.3. The number of hydrogen-bond acceptors (Lipinski definition) is 0. The van der Waals surface area contributed by atoms with Gasteiger partial charge in [0.25, 0.3) is 0 Å². The van der Waals surface area contributed by atoms with Gasteiger partial charge < -0.3 is 9.13 Å². The van der Waals surface area contributed by atoms with E-state index in [4.69, 9.17) is 0 Å². The van der Waals surface area contributed by atoms with Gasteiger partial charge in [-0.1, -0.05) is 135 Å². The van der Waals surface area contributed by atoms with Gasteiger partial charge >= 0.3 is 0 Å². The smallest absolute Gasteiger partial charge is 0.0544 e. The van der Waals surface area contributed by atoms with E-state index in [0.717, 1.165) is 0 Å². The molecule has 0 unspecified atom stereocenters. The zero-order valence-electron chi connectivity index (χ0n) is 26.4. The van der Waals surface area contributed by atoms with Gasteiger partial charge in [0.05, 0.1) is 33.4 Å². The fourth-order valence-electron chi connectivity index (χ4n) is 8.57. The third kappa shape index (κ3) is 3.50. The first-order valence-electron chi connectivity index (χ1n) is 16.5. The molecule has 0 radical (unpaired) electrons. The van der Waals surface area contributed by atoms with E-state index in [1.54, 1.807) is 0 Å². The minimum Gasteiger partial charge on any atom is -0.309 e. The third-order valence-corrected chi connectivity index (χ3v) is 10.5. The SMILES string of the molecule is CC1(C)c2ccccc2-c2ccc3c(c21)c1ccccc1n3-c1ccccc1-c1ccccc1-n1c2ccccc2c2ccccc21. The van der Waals surface area contributed by atoms with Gasteiger partial charge in [-0.15, -0.1) is 0 Å². The maximum absolute atomic E-state index is 2.50. The Hall–Kier alpha value is -5.86. The average Bonchev–Trinajstić information content (AvgIpc) is 3.72. The number of aromatic nitrogens is 2. The van der Waals surface area contributed by atoms with Gasteiger partial charge in [-0.2, -0.15) is 0 Å². The van der Waals surface area contributed by atoms with Crippen LogP contribution in [0.3, 0.4) is 0 Å². The Morgan fingerprint density at radius 3 is 1.43 bits per heavy atom. The fraction of sp³-hybridized carbons (Fsp3) is 0.0667. The summed E-state index contributed by atoms with van der Waals surface area (Å²) in [5, 5.41) is 5.19. The van der Waals surface area contributed by atoms with Crippen LogP contribution >= 0.6 is 0 Å². The van der Waals surface area contributed by atoms with E-state index in [1.807, 2.05) is 0 Å². The second-order valence-corrected chi connectivity index (χ2v) is 13.3. The maximum atomic E-state index is 2.50. The molecule has 0 bridgehead atoms. The van der Waals surface area contributed by atoms with Crippen molar-refractivity contribution in [1.29, 1.82) is 0 Å². The summed E-state index contributed by atoms with van der Waals surface area (Å²) in [7, 11) is 0. The molecule has 0 aliphatic heterocycles. The highest BCUT2D eigenvalue weighted by atomic mass is 15.0. The molecule has 7 aromatic carbocycles. The number of rotatable bonds is 3. The number of benzene rings is 7. The topological polar surface area (TPSA) is 9.86 Å². The quantitative estimate of drug-likeness (QED) is 0.191. The molecule has 0 saturated heterocycles. The van der Waals surface area contributed by atoms with Crippen molar-refractivity contribution in [2.45, 2.75) is 19.3 Å². The van der Waals surface area contributed by atoms with E-state index in [2.05, 4.69) is 181 Å². The summed E-state index contributed by atoms with van der Waals surface area (Å²) in [6.07, 6.45) is 0. The molecule has 0 spiro atoms. The normalized spacial score (nSPS) is 13.5. The highest BCUT2D eigenvalue weighted by Crippen LogP contribution is 2.53. The Balaban J connectivity index is 1.28. The second-order valence-electron chi connectivity index (χ2n) is 13.3. The molecule has 2 aromatic heterocycles. The molecule has 47 heavy (non-hydrogen) atoms. The number of nitrogens with zero attached hydrogens (tertiary/aromatic N) is 2. The van der Waals surface area contributed by atoms with Gasteiger partial charge in [0.15, 0.2) is 0 Å². The van der Waals surface area contributed by atoms with Crippen molar-refractivity contribution >= 4 is 43.6 Å². The van der Waals surface area contributed by atoms with Crippen LogP contribution in [-0.2, 0) is 5.41 Å². The van der Waals surface area contributed by atoms with Crippen LogP contribution in [-0.4, -0.2) is 9.13 Å². The van der Waals surface area contributed by atoms with Crippen molar-refractivity contribution in [3.63, 3.8) is 0 Å².